The fourth-order valence-corrected chi connectivity index (χ4v) is 1.99. The van der Waals surface area contributed by atoms with Gasteiger partial charge < -0.3 is 15.4 Å². The molecule has 0 saturated heterocycles. The lowest BCUT2D eigenvalue weighted by Gasteiger charge is -2.09. The van der Waals surface area contributed by atoms with Crippen molar-refractivity contribution in [1.82, 2.24) is 5.32 Å². The number of hydrogen-bond acceptors (Lipinski definition) is 3. The average molecular weight is 320 g/mol. The van der Waals surface area contributed by atoms with Gasteiger partial charge in [-0.25, -0.2) is 8.78 Å². The number of benzene rings is 2. The Labute approximate surface area is 133 Å². The maximum Gasteiger partial charge on any atom is 0.254 e. The SMILES string of the molecule is COCCNc1ccc(CNC(=O)c2cc(F)ccc2F)cc1. The Bertz CT molecular complexity index is 660. The first-order chi connectivity index (χ1) is 11.1. The van der Waals surface area contributed by atoms with Crippen LogP contribution in [0, 0.1) is 11.6 Å². The van der Waals surface area contributed by atoms with Gasteiger partial charge in [-0.05, 0) is 35.9 Å². The first kappa shape index (κ1) is 16.9. The van der Waals surface area contributed by atoms with Gasteiger partial charge in [0.1, 0.15) is 11.6 Å². The summed E-state index contributed by atoms with van der Waals surface area (Å²) in [5.41, 5.74) is 1.49. The molecule has 0 fully saturated rings. The van der Waals surface area contributed by atoms with Gasteiger partial charge in [0.15, 0.2) is 0 Å². The molecule has 0 bridgehead atoms. The molecule has 0 heterocycles. The van der Waals surface area contributed by atoms with Crippen molar-refractivity contribution in [3.05, 3.63) is 65.2 Å². The highest BCUT2D eigenvalue weighted by atomic mass is 19.1. The minimum absolute atomic E-state index is 0.229. The van der Waals surface area contributed by atoms with E-state index in [0.717, 1.165) is 29.4 Å². The summed E-state index contributed by atoms with van der Waals surface area (Å²) in [5.74, 6) is -2.05. The summed E-state index contributed by atoms with van der Waals surface area (Å²) in [6, 6.07) is 10.2. The van der Waals surface area contributed by atoms with Crippen LogP contribution in [0.25, 0.3) is 0 Å². The van der Waals surface area contributed by atoms with Crippen molar-refractivity contribution < 1.29 is 18.3 Å². The van der Waals surface area contributed by atoms with Crippen LogP contribution in [0.15, 0.2) is 42.5 Å². The van der Waals surface area contributed by atoms with E-state index in [1.165, 1.54) is 0 Å². The van der Waals surface area contributed by atoms with Gasteiger partial charge in [-0.15, -0.1) is 0 Å². The van der Waals surface area contributed by atoms with Crippen molar-refractivity contribution in [1.29, 1.82) is 0 Å². The average Bonchev–Trinajstić information content (AvgIpc) is 2.56. The van der Waals surface area contributed by atoms with E-state index in [1.54, 1.807) is 7.11 Å². The minimum atomic E-state index is -0.749. The number of ether oxygens (including phenoxy) is 1. The van der Waals surface area contributed by atoms with Gasteiger partial charge in [0.2, 0.25) is 0 Å². The molecule has 0 aliphatic rings. The number of amides is 1. The summed E-state index contributed by atoms with van der Waals surface area (Å²) >= 11 is 0. The summed E-state index contributed by atoms with van der Waals surface area (Å²) in [7, 11) is 1.63. The number of anilines is 1. The van der Waals surface area contributed by atoms with E-state index < -0.39 is 17.5 Å². The second-order valence-electron chi connectivity index (χ2n) is 4.92. The molecule has 2 aromatic rings. The molecule has 0 saturated carbocycles. The molecule has 122 valence electrons. The van der Waals surface area contributed by atoms with Gasteiger partial charge in [0.05, 0.1) is 12.2 Å². The highest BCUT2D eigenvalue weighted by molar-refractivity contribution is 5.94. The number of carbonyl (C=O) groups is 1. The first-order valence-corrected chi connectivity index (χ1v) is 7.15. The number of hydrogen-bond donors (Lipinski definition) is 2. The molecular formula is C17H18F2N2O2. The molecule has 0 atom stereocenters. The van der Waals surface area contributed by atoms with Crippen molar-refractivity contribution >= 4 is 11.6 Å². The van der Waals surface area contributed by atoms with E-state index in [4.69, 9.17) is 4.74 Å². The molecule has 1 amide bonds. The third kappa shape index (κ3) is 5.03. The second-order valence-corrected chi connectivity index (χ2v) is 4.92. The van der Waals surface area contributed by atoms with Crippen LogP contribution in [0.3, 0.4) is 0 Å². The van der Waals surface area contributed by atoms with Crippen LogP contribution in [0.5, 0.6) is 0 Å². The standard InChI is InChI=1S/C17H18F2N2O2/c1-23-9-8-20-14-5-2-12(3-6-14)11-21-17(22)15-10-13(18)4-7-16(15)19/h2-7,10,20H,8-9,11H2,1H3,(H,21,22). The molecule has 0 aliphatic carbocycles. The molecule has 0 spiro atoms. The quantitative estimate of drug-likeness (QED) is 0.771. The largest absolute Gasteiger partial charge is 0.383 e. The van der Waals surface area contributed by atoms with Gasteiger partial charge >= 0.3 is 0 Å². The third-order valence-corrected chi connectivity index (χ3v) is 3.22. The highest BCUT2D eigenvalue weighted by Gasteiger charge is 2.12. The lowest BCUT2D eigenvalue weighted by Crippen LogP contribution is -2.24. The summed E-state index contributed by atoms with van der Waals surface area (Å²) in [6.07, 6.45) is 0. The Balaban J connectivity index is 1.90. The van der Waals surface area contributed by atoms with Crippen molar-refractivity contribution in [2.75, 3.05) is 25.6 Å². The third-order valence-electron chi connectivity index (χ3n) is 3.22. The smallest absolute Gasteiger partial charge is 0.254 e. The van der Waals surface area contributed by atoms with E-state index in [9.17, 15) is 13.6 Å². The Morgan fingerprint density at radius 2 is 1.87 bits per heavy atom. The van der Waals surface area contributed by atoms with Gasteiger partial charge in [0, 0.05) is 25.9 Å². The van der Waals surface area contributed by atoms with Crippen LogP contribution in [0.2, 0.25) is 0 Å². The van der Waals surface area contributed by atoms with Crippen LogP contribution < -0.4 is 10.6 Å². The molecule has 6 heteroatoms. The number of methoxy groups -OCH3 is 1. The fraction of sp³-hybridized carbons (Fsp3) is 0.235. The van der Waals surface area contributed by atoms with Gasteiger partial charge in [0.25, 0.3) is 5.91 Å². The van der Waals surface area contributed by atoms with Crippen LogP contribution in [-0.2, 0) is 11.3 Å². The molecule has 0 unspecified atom stereocenters. The first-order valence-electron chi connectivity index (χ1n) is 7.15. The zero-order valence-corrected chi connectivity index (χ0v) is 12.7. The maximum atomic E-state index is 13.5. The second kappa shape index (κ2) is 8.24. The molecule has 2 rings (SSSR count). The van der Waals surface area contributed by atoms with Crippen molar-refractivity contribution in [3.63, 3.8) is 0 Å². The maximum absolute atomic E-state index is 13.5. The number of halogens is 2. The Kier molecular flexibility index (Phi) is 6.05. The van der Waals surface area contributed by atoms with Crippen molar-refractivity contribution in [2.45, 2.75) is 6.54 Å². The molecule has 23 heavy (non-hydrogen) atoms. The predicted octanol–water partition coefficient (Wildman–Crippen LogP) is 2.95. The Morgan fingerprint density at radius 3 is 2.57 bits per heavy atom. The Hall–Kier alpha value is -2.47. The van der Waals surface area contributed by atoms with E-state index in [-0.39, 0.29) is 12.1 Å². The lowest BCUT2D eigenvalue weighted by atomic mass is 10.1. The van der Waals surface area contributed by atoms with Gasteiger partial charge in [-0.3, -0.25) is 4.79 Å². The number of carbonyl (C=O) groups excluding carboxylic acids is 1. The van der Waals surface area contributed by atoms with Gasteiger partial charge in [-0.1, -0.05) is 12.1 Å². The topological polar surface area (TPSA) is 50.4 Å². The van der Waals surface area contributed by atoms with Crippen LogP contribution in [0.1, 0.15) is 15.9 Å². The molecule has 2 aromatic carbocycles. The summed E-state index contributed by atoms with van der Waals surface area (Å²) in [4.78, 5) is 11.9. The Morgan fingerprint density at radius 1 is 1.13 bits per heavy atom. The minimum Gasteiger partial charge on any atom is -0.383 e. The molecule has 2 N–H and O–H groups in total. The van der Waals surface area contributed by atoms with Crippen LogP contribution >= 0.6 is 0 Å². The summed E-state index contributed by atoms with van der Waals surface area (Å²) in [5, 5.41) is 5.74. The molecule has 0 aromatic heterocycles. The van der Waals surface area contributed by atoms with Crippen LogP contribution in [0.4, 0.5) is 14.5 Å². The van der Waals surface area contributed by atoms with Crippen LogP contribution in [-0.4, -0.2) is 26.2 Å². The fourth-order valence-electron chi connectivity index (χ4n) is 1.99. The lowest BCUT2D eigenvalue weighted by molar-refractivity contribution is 0.0946. The zero-order chi connectivity index (χ0) is 16.7. The van der Waals surface area contributed by atoms with E-state index in [2.05, 4.69) is 10.6 Å². The highest BCUT2D eigenvalue weighted by Crippen LogP contribution is 2.11. The zero-order valence-electron chi connectivity index (χ0n) is 12.7. The predicted molar refractivity (Wildman–Crippen MR) is 84.3 cm³/mol. The molecular weight excluding hydrogens is 302 g/mol. The number of rotatable bonds is 7. The molecule has 4 nitrogen and oxygen atoms in total. The van der Waals surface area contributed by atoms with E-state index in [0.29, 0.717) is 13.2 Å². The summed E-state index contributed by atoms with van der Waals surface area (Å²) < 4.78 is 31.5. The van der Waals surface area contributed by atoms with E-state index >= 15 is 0 Å². The summed E-state index contributed by atoms with van der Waals surface area (Å²) in [6.45, 7) is 1.54. The molecule has 0 radical (unpaired) electrons. The van der Waals surface area contributed by atoms with Gasteiger partial charge in [-0.2, -0.15) is 0 Å². The molecule has 0 aliphatic heterocycles. The normalized spacial score (nSPS) is 10.4. The monoisotopic (exact) mass is 320 g/mol. The van der Waals surface area contributed by atoms with Crippen molar-refractivity contribution in [3.8, 4) is 0 Å². The number of nitrogens with one attached hydrogen (secondary N) is 2. The van der Waals surface area contributed by atoms with E-state index in [1.807, 2.05) is 24.3 Å². The van der Waals surface area contributed by atoms with Crippen molar-refractivity contribution in [2.24, 2.45) is 0 Å².